The SMILES string of the molecule is Cc1[nH]ncc1CCCNC(=O)c1cccs1. The minimum Gasteiger partial charge on any atom is -0.351 e. The van der Waals surface area contributed by atoms with Crippen LogP contribution < -0.4 is 5.32 Å². The molecule has 0 saturated heterocycles. The molecule has 90 valence electrons. The molecule has 0 unspecified atom stereocenters. The summed E-state index contributed by atoms with van der Waals surface area (Å²) in [5.41, 5.74) is 2.32. The number of rotatable bonds is 5. The van der Waals surface area contributed by atoms with Crippen molar-refractivity contribution in [3.8, 4) is 0 Å². The monoisotopic (exact) mass is 249 g/mol. The first-order valence-electron chi connectivity index (χ1n) is 5.58. The zero-order chi connectivity index (χ0) is 12.1. The fourth-order valence-corrected chi connectivity index (χ4v) is 2.24. The number of carbonyl (C=O) groups is 1. The number of nitrogens with zero attached hydrogens (tertiary/aromatic N) is 1. The van der Waals surface area contributed by atoms with Crippen LogP contribution in [0.1, 0.15) is 27.3 Å². The van der Waals surface area contributed by atoms with Crippen LogP contribution in [0.5, 0.6) is 0 Å². The smallest absolute Gasteiger partial charge is 0.261 e. The summed E-state index contributed by atoms with van der Waals surface area (Å²) in [6, 6.07) is 3.72. The van der Waals surface area contributed by atoms with Gasteiger partial charge in [0.05, 0.1) is 11.1 Å². The van der Waals surface area contributed by atoms with E-state index in [1.165, 1.54) is 16.9 Å². The number of thiophene rings is 1. The van der Waals surface area contributed by atoms with Gasteiger partial charge in [0.1, 0.15) is 0 Å². The summed E-state index contributed by atoms with van der Waals surface area (Å²) in [7, 11) is 0. The lowest BCUT2D eigenvalue weighted by atomic mass is 10.1. The average molecular weight is 249 g/mol. The highest BCUT2D eigenvalue weighted by Crippen LogP contribution is 2.08. The van der Waals surface area contributed by atoms with Crippen LogP contribution in [-0.4, -0.2) is 22.6 Å². The largest absolute Gasteiger partial charge is 0.351 e. The quantitative estimate of drug-likeness (QED) is 0.798. The molecule has 0 aliphatic rings. The molecule has 2 rings (SSSR count). The van der Waals surface area contributed by atoms with Crippen LogP contribution in [0.15, 0.2) is 23.7 Å². The van der Waals surface area contributed by atoms with Crippen molar-refractivity contribution in [1.29, 1.82) is 0 Å². The van der Waals surface area contributed by atoms with Crippen molar-refractivity contribution in [1.82, 2.24) is 15.5 Å². The van der Waals surface area contributed by atoms with Gasteiger partial charge in [0.25, 0.3) is 5.91 Å². The number of amides is 1. The molecule has 2 heterocycles. The van der Waals surface area contributed by atoms with Gasteiger partial charge in [-0.1, -0.05) is 6.07 Å². The van der Waals surface area contributed by atoms with E-state index in [9.17, 15) is 4.79 Å². The summed E-state index contributed by atoms with van der Waals surface area (Å²) in [5.74, 6) is 0.0175. The number of carbonyl (C=O) groups excluding carboxylic acids is 1. The van der Waals surface area contributed by atoms with Gasteiger partial charge in [-0.25, -0.2) is 0 Å². The number of H-pyrrole nitrogens is 1. The predicted octanol–water partition coefficient (Wildman–Crippen LogP) is 2.14. The summed E-state index contributed by atoms with van der Waals surface area (Å²) < 4.78 is 0. The second-order valence-corrected chi connectivity index (χ2v) is 4.80. The van der Waals surface area contributed by atoms with Gasteiger partial charge in [0, 0.05) is 12.2 Å². The maximum absolute atomic E-state index is 11.6. The van der Waals surface area contributed by atoms with E-state index in [-0.39, 0.29) is 5.91 Å². The third-order valence-electron chi connectivity index (χ3n) is 2.59. The Morgan fingerprint density at radius 1 is 1.59 bits per heavy atom. The van der Waals surface area contributed by atoms with Crippen molar-refractivity contribution in [2.45, 2.75) is 19.8 Å². The molecule has 2 aromatic rings. The van der Waals surface area contributed by atoms with E-state index in [0.717, 1.165) is 23.4 Å². The van der Waals surface area contributed by atoms with E-state index in [2.05, 4.69) is 15.5 Å². The molecule has 5 heteroatoms. The Bertz CT molecular complexity index is 476. The first kappa shape index (κ1) is 11.9. The Labute approximate surface area is 104 Å². The summed E-state index contributed by atoms with van der Waals surface area (Å²) >= 11 is 1.46. The van der Waals surface area contributed by atoms with E-state index in [4.69, 9.17) is 0 Å². The van der Waals surface area contributed by atoms with Gasteiger partial charge in [0.2, 0.25) is 0 Å². The van der Waals surface area contributed by atoms with Gasteiger partial charge in [-0.2, -0.15) is 5.10 Å². The Hall–Kier alpha value is -1.62. The average Bonchev–Trinajstić information content (AvgIpc) is 2.96. The van der Waals surface area contributed by atoms with Crippen LogP contribution in [0.2, 0.25) is 0 Å². The van der Waals surface area contributed by atoms with Crippen LogP contribution in [0, 0.1) is 6.92 Å². The Balaban J connectivity index is 1.70. The normalized spacial score (nSPS) is 10.4. The van der Waals surface area contributed by atoms with Crippen LogP contribution in [-0.2, 0) is 6.42 Å². The second kappa shape index (κ2) is 5.63. The highest BCUT2D eigenvalue weighted by Gasteiger charge is 2.05. The van der Waals surface area contributed by atoms with E-state index in [1.807, 2.05) is 30.6 Å². The molecule has 0 fully saturated rings. The van der Waals surface area contributed by atoms with Gasteiger partial charge in [-0.3, -0.25) is 9.89 Å². The number of aromatic amines is 1. The van der Waals surface area contributed by atoms with E-state index >= 15 is 0 Å². The number of aryl methyl sites for hydroxylation is 2. The fraction of sp³-hybridized carbons (Fsp3) is 0.333. The number of aromatic nitrogens is 2. The van der Waals surface area contributed by atoms with Crippen LogP contribution in [0.3, 0.4) is 0 Å². The molecule has 2 N–H and O–H groups in total. The molecule has 0 spiro atoms. The number of hydrogen-bond donors (Lipinski definition) is 2. The molecule has 4 nitrogen and oxygen atoms in total. The summed E-state index contributed by atoms with van der Waals surface area (Å²) in [6.45, 7) is 2.70. The molecule has 0 saturated carbocycles. The first-order valence-corrected chi connectivity index (χ1v) is 6.46. The second-order valence-electron chi connectivity index (χ2n) is 3.86. The van der Waals surface area contributed by atoms with Gasteiger partial charge in [-0.15, -0.1) is 11.3 Å². The van der Waals surface area contributed by atoms with E-state index < -0.39 is 0 Å². The predicted molar refractivity (Wildman–Crippen MR) is 68.3 cm³/mol. The molecule has 0 radical (unpaired) electrons. The van der Waals surface area contributed by atoms with Gasteiger partial charge in [0.15, 0.2) is 0 Å². The summed E-state index contributed by atoms with van der Waals surface area (Å²) in [4.78, 5) is 12.4. The number of nitrogens with one attached hydrogen (secondary N) is 2. The number of hydrogen-bond acceptors (Lipinski definition) is 3. The maximum atomic E-state index is 11.6. The van der Waals surface area contributed by atoms with Crippen LogP contribution >= 0.6 is 11.3 Å². The molecule has 17 heavy (non-hydrogen) atoms. The third-order valence-corrected chi connectivity index (χ3v) is 3.46. The molecular weight excluding hydrogens is 234 g/mol. The van der Waals surface area contributed by atoms with Crippen molar-refractivity contribution in [3.05, 3.63) is 39.8 Å². The standard InChI is InChI=1S/C12H15N3OS/c1-9-10(8-14-15-9)4-2-6-13-12(16)11-5-3-7-17-11/h3,5,7-8H,2,4,6H2,1H3,(H,13,16)(H,14,15). The van der Waals surface area contributed by atoms with Crippen molar-refractivity contribution < 1.29 is 4.79 Å². The van der Waals surface area contributed by atoms with E-state index in [1.54, 1.807) is 0 Å². The molecule has 0 aliphatic heterocycles. The maximum Gasteiger partial charge on any atom is 0.261 e. The lowest BCUT2D eigenvalue weighted by Crippen LogP contribution is -2.23. The zero-order valence-electron chi connectivity index (χ0n) is 9.69. The molecular formula is C12H15N3OS. The highest BCUT2D eigenvalue weighted by molar-refractivity contribution is 7.12. The fourth-order valence-electron chi connectivity index (χ4n) is 1.60. The van der Waals surface area contributed by atoms with Crippen LogP contribution in [0.25, 0.3) is 0 Å². The van der Waals surface area contributed by atoms with Crippen LogP contribution in [0.4, 0.5) is 0 Å². The Kier molecular flexibility index (Phi) is 3.93. The molecule has 0 aromatic carbocycles. The zero-order valence-corrected chi connectivity index (χ0v) is 10.5. The molecule has 0 bridgehead atoms. The van der Waals surface area contributed by atoms with Gasteiger partial charge >= 0.3 is 0 Å². The van der Waals surface area contributed by atoms with Gasteiger partial charge in [-0.05, 0) is 36.8 Å². The van der Waals surface area contributed by atoms with Crippen molar-refractivity contribution in [2.24, 2.45) is 0 Å². The molecule has 1 amide bonds. The minimum absolute atomic E-state index is 0.0175. The first-order chi connectivity index (χ1) is 8.27. The van der Waals surface area contributed by atoms with Crippen molar-refractivity contribution in [2.75, 3.05) is 6.54 Å². The van der Waals surface area contributed by atoms with Crippen molar-refractivity contribution in [3.63, 3.8) is 0 Å². The lowest BCUT2D eigenvalue weighted by molar-refractivity contribution is 0.0957. The molecule has 0 atom stereocenters. The van der Waals surface area contributed by atoms with Gasteiger partial charge < -0.3 is 5.32 Å². The van der Waals surface area contributed by atoms with Crippen molar-refractivity contribution >= 4 is 17.2 Å². The summed E-state index contributed by atoms with van der Waals surface area (Å²) in [5, 5.41) is 11.7. The van der Waals surface area contributed by atoms with E-state index in [0.29, 0.717) is 6.54 Å². The minimum atomic E-state index is 0.0175. The molecule has 2 aromatic heterocycles. The summed E-state index contributed by atoms with van der Waals surface area (Å²) in [6.07, 6.45) is 3.71. The topological polar surface area (TPSA) is 57.8 Å². The Morgan fingerprint density at radius 3 is 3.12 bits per heavy atom. The highest BCUT2D eigenvalue weighted by atomic mass is 32.1. The third kappa shape index (κ3) is 3.17. The molecule has 0 aliphatic carbocycles. The Morgan fingerprint density at radius 2 is 2.47 bits per heavy atom. The lowest BCUT2D eigenvalue weighted by Gasteiger charge is -2.03.